The van der Waals surface area contributed by atoms with Crippen LogP contribution in [0, 0.1) is 0 Å². The average molecular weight is 273 g/mol. The lowest BCUT2D eigenvalue weighted by Gasteiger charge is -2.06. The first-order valence-corrected chi connectivity index (χ1v) is 6.83. The van der Waals surface area contributed by atoms with Crippen LogP contribution in [-0.4, -0.2) is 5.84 Å². The molecule has 0 bridgehead atoms. The quantitative estimate of drug-likeness (QED) is 0.448. The maximum Gasteiger partial charge on any atom is 0.339 e. The smallest absolute Gasteiger partial charge is 0.339 e. The maximum atomic E-state index is 6.03. The van der Waals surface area contributed by atoms with E-state index in [0.29, 0.717) is 0 Å². The van der Waals surface area contributed by atoms with Gasteiger partial charge in [-0.15, -0.1) is 0 Å². The van der Waals surface area contributed by atoms with E-state index >= 15 is 0 Å². The molecular formula is C18H13N2O+. The molecule has 4 rings (SSSR count). The third kappa shape index (κ3) is 2.09. The normalized spacial score (nSPS) is 12.5. The third-order valence-electron chi connectivity index (χ3n) is 3.40. The van der Waals surface area contributed by atoms with Crippen molar-refractivity contribution in [3.63, 3.8) is 0 Å². The molecule has 3 aromatic rings. The first-order valence-electron chi connectivity index (χ1n) is 6.83. The molecule has 21 heavy (non-hydrogen) atoms. The number of rotatable bonds is 0. The highest BCUT2D eigenvalue weighted by molar-refractivity contribution is 5.97. The fourth-order valence-electron chi connectivity index (χ4n) is 2.41. The van der Waals surface area contributed by atoms with E-state index in [0.717, 1.165) is 28.6 Å². The zero-order valence-electron chi connectivity index (χ0n) is 11.3. The highest BCUT2D eigenvalue weighted by Gasteiger charge is 2.25. The van der Waals surface area contributed by atoms with E-state index in [9.17, 15) is 0 Å². The van der Waals surface area contributed by atoms with Crippen LogP contribution in [0.3, 0.4) is 0 Å². The average Bonchev–Trinajstić information content (AvgIpc) is 2.72. The molecule has 0 saturated heterocycles. The van der Waals surface area contributed by atoms with Gasteiger partial charge in [0.2, 0.25) is 5.69 Å². The summed E-state index contributed by atoms with van der Waals surface area (Å²) in [5.41, 5.74) is 1.81. The molecule has 0 aliphatic carbocycles. The molecule has 1 aliphatic heterocycles. The Hall–Kier alpha value is -2.94. The van der Waals surface area contributed by atoms with Crippen LogP contribution in [0.5, 0.6) is 11.5 Å². The minimum absolute atomic E-state index is 0.775. The van der Waals surface area contributed by atoms with E-state index in [1.165, 1.54) is 0 Å². The van der Waals surface area contributed by atoms with Gasteiger partial charge in [0.1, 0.15) is 11.3 Å². The Balaban J connectivity index is 2.00. The number of ether oxygens (including phenoxy) is 1. The van der Waals surface area contributed by atoms with Crippen LogP contribution in [0.1, 0.15) is 5.56 Å². The second kappa shape index (κ2) is 4.87. The van der Waals surface area contributed by atoms with Gasteiger partial charge < -0.3 is 4.74 Å². The molecule has 2 heterocycles. The van der Waals surface area contributed by atoms with Crippen molar-refractivity contribution in [2.45, 2.75) is 0 Å². The summed E-state index contributed by atoms with van der Waals surface area (Å²) in [6, 6.07) is 21.8. The van der Waals surface area contributed by atoms with Gasteiger partial charge in [0, 0.05) is 0 Å². The van der Waals surface area contributed by atoms with Crippen molar-refractivity contribution < 1.29 is 9.30 Å². The van der Waals surface area contributed by atoms with E-state index in [4.69, 9.17) is 9.73 Å². The summed E-state index contributed by atoms with van der Waals surface area (Å²) in [4.78, 5) is 4.81. The molecule has 2 aromatic carbocycles. The van der Waals surface area contributed by atoms with Gasteiger partial charge in [0.25, 0.3) is 0 Å². The molecule has 100 valence electrons. The Morgan fingerprint density at radius 3 is 2.29 bits per heavy atom. The van der Waals surface area contributed by atoms with Gasteiger partial charge in [-0.05, 0) is 41.4 Å². The SMILES string of the molecule is c1cc[n+](C2=Nc3ccccc3Oc3ccccc32)cc1. The third-order valence-corrected chi connectivity index (χ3v) is 3.40. The largest absolute Gasteiger partial charge is 0.452 e. The summed E-state index contributed by atoms with van der Waals surface area (Å²) in [5.74, 6) is 2.45. The number of hydrogen-bond acceptors (Lipinski definition) is 2. The maximum absolute atomic E-state index is 6.03. The Kier molecular flexibility index (Phi) is 2.75. The van der Waals surface area contributed by atoms with Gasteiger partial charge in [0.15, 0.2) is 5.75 Å². The number of aliphatic imine (C=N–C) groups is 1. The number of hydrogen-bond donors (Lipinski definition) is 0. The van der Waals surface area contributed by atoms with Crippen molar-refractivity contribution in [3.05, 3.63) is 84.7 Å². The van der Waals surface area contributed by atoms with Gasteiger partial charge >= 0.3 is 5.84 Å². The van der Waals surface area contributed by atoms with Crippen molar-refractivity contribution in [2.24, 2.45) is 4.99 Å². The summed E-state index contributed by atoms with van der Waals surface area (Å²) in [5, 5.41) is 0. The molecule has 0 atom stereocenters. The van der Waals surface area contributed by atoms with E-state index in [-0.39, 0.29) is 0 Å². The zero-order valence-corrected chi connectivity index (χ0v) is 11.3. The number of aromatic nitrogens is 1. The summed E-state index contributed by atoms with van der Waals surface area (Å²) in [7, 11) is 0. The molecular weight excluding hydrogens is 260 g/mol. The van der Waals surface area contributed by atoms with Crippen molar-refractivity contribution >= 4 is 11.5 Å². The predicted octanol–water partition coefficient (Wildman–Crippen LogP) is 3.71. The lowest BCUT2D eigenvalue weighted by Crippen LogP contribution is -2.42. The van der Waals surface area contributed by atoms with Gasteiger partial charge in [-0.2, -0.15) is 0 Å². The van der Waals surface area contributed by atoms with Crippen molar-refractivity contribution in [2.75, 3.05) is 0 Å². The molecule has 1 aliphatic rings. The molecule has 0 N–H and O–H groups in total. The Bertz CT molecular complexity index is 825. The number of benzene rings is 2. The van der Waals surface area contributed by atoms with Crippen LogP contribution in [0.2, 0.25) is 0 Å². The Labute approximate surface area is 122 Å². The molecule has 3 nitrogen and oxygen atoms in total. The van der Waals surface area contributed by atoms with E-state index in [1.807, 2.05) is 83.7 Å². The molecule has 0 amide bonds. The van der Waals surface area contributed by atoms with Crippen LogP contribution in [0.15, 0.2) is 84.1 Å². The summed E-state index contributed by atoms with van der Waals surface area (Å²) in [6.45, 7) is 0. The van der Waals surface area contributed by atoms with Crippen LogP contribution in [-0.2, 0) is 0 Å². The van der Waals surface area contributed by atoms with Crippen molar-refractivity contribution in [3.8, 4) is 11.5 Å². The molecule has 1 aromatic heterocycles. The molecule has 0 unspecified atom stereocenters. The number of nitrogens with zero attached hydrogens (tertiary/aromatic N) is 2. The topological polar surface area (TPSA) is 25.5 Å². The standard InChI is InChI=1S/C18H13N2O/c1-6-12-20(13-7-1)18-14-8-2-4-10-16(14)21-17-11-5-3-9-15(17)19-18/h1-13H/q+1. The van der Waals surface area contributed by atoms with Crippen LogP contribution >= 0.6 is 0 Å². The molecule has 0 fully saturated rings. The first-order chi connectivity index (χ1) is 10.4. The van der Waals surface area contributed by atoms with Crippen molar-refractivity contribution in [1.82, 2.24) is 0 Å². The van der Waals surface area contributed by atoms with Crippen molar-refractivity contribution in [1.29, 1.82) is 0 Å². The highest BCUT2D eigenvalue weighted by atomic mass is 16.5. The predicted molar refractivity (Wildman–Crippen MR) is 81.2 cm³/mol. The van der Waals surface area contributed by atoms with Crippen LogP contribution < -0.4 is 9.30 Å². The highest BCUT2D eigenvalue weighted by Crippen LogP contribution is 2.36. The summed E-state index contributed by atoms with van der Waals surface area (Å²) < 4.78 is 8.03. The molecule has 0 spiro atoms. The molecule has 0 radical (unpaired) electrons. The van der Waals surface area contributed by atoms with Gasteiger partial charge in [0.05, 0.1) is 12.4 Å². The van der Waals surface area contributed by atoms with Gasteiger partial charge in [-0.25, -0.2) is 4.57 Å². The van der Waals surface area contributed by atoms with E-state index < -0.39 is 0 Å². The van der Waals surface area contributed by atoms with Gasteiger partial charge in [-0.3, -0.25) is 0 Å². The van der Waals surface area contributed by atoms with Crippen LogP contribution in [0.25, 0.3) is 0 Å². The second-order valence-corrected chi connectivity index (χ2v) is 4.78. The fraction of sp³-hybridized carbons (Fsp3) is 0. The second-order valence-electron chi connectivity index (χ2n) is 4.78. The molecule has 0 saturated carbocycles. The molecule has 3 heteroatoms. The number of fused-ring (bicyclic) bond motifs is 2. The number of para-hydroxylation sites is 3. The monoisotopic (exact) mass is 273 g/mol. The van der Waals surface area contributed by atoms with E-state index in [2.05, 4.69) is 0 Å². The number of pyridine rings is 1. The minimum atomic E-state index is 0.775. The zero-order chi connectivity index (χ0) is 14.1. The first kappa shape index (κ1) is 11.9. The summed E-state index contributed by atoms with van der Waals surface area (Å²) in [6.07, 6.45) is 3.98. The lowest BCUT2D eigenvalue weighted by molar-refractivity contribution is -0.554. The lowest BCUT2D eigenvalue weighted by atomic mass is 10.1. The minimum Gasteiger partial charge on any atom is -0.452 e. The Morgan fingerprint density at radius 2 is 1.43 bits per heavy atom. The van der Waals surface area contributed by atoms with E-state index in [1.54, 1.807) is 0 Å². The summed E-state index contributed by atoms with van der Waals surface area (Å²) >= 11 is 0. The Morgan fingerprint density at radius 1 is 0.714 bits per heavy atom. The van der Waals surface area contributed by atoms with Gasteiger partial charge in [-0.1, -0.05) is 30.3 Å². The van der Waals surface area contributed by atoms with Crippen LogP contribution in [0.4, 0.5) is 5.69 Å². The fourth-order valence-corrected chi connectivity index (χ4v) is 2.41.